The molecule has 2 heterocycles. The standard InChI is InChI=1S/C60H32N2S2/c61-33-35-15-21-45-47-23-17-41(31-57(47)63-55(45)27-35)39-20-26-52-53(29-39)59(49-13-5-9-37-7-1-3-11-43(37)49)51-25-19-40(30-54(51)60(52)50-14-6-10-38-8-2-4-12-44(38)50)42-18-24-48-46-22-16-36(34-62)28-56(46)64-58(48)32-42/h1-32H. The van der Waals surface area contributed by atoms with E-state index < -0.39 is 0 Å². The molecule has 0 aliphatic rings. The summed E-state index contributed by atoms with van der Waals surface area (Å²) in [6.07, 6.45) is 0. The quantitative estimate of drug-likeness (QED) is 0.166. The molecule has 64 heavy (non-hydrogen) atoms. The number of thiophene rings is 2. The van der Waals surface area contributed by atoms with Crippen molar-refractivity contribution >= 4 is 106 Å². The predicted octanol–water partition coefficient (Wildman–Crippen LogP) is 17.4. The largest absolute Gasteiger partial charge is 0.192 e. The molecule has 0 fully saturated rings. The first-order valence-corrected chi connectivity index (χ1v) is 23.0. The van der Waals surface area contributed by atoms with Crippen LogP contribution in [0.2, 0.25) is 0 Å². The number of nitriles is 2. The topological polar surface area (TPSA) is 47.6 Å². The SMILES string of the molecule is N#Cc1ccc2c(c1)sc1cc(-c3ccc4c(-c5cccc6ccccc56)c5cc(-c6ccc7c(c6)sc6cc(C#N)ccc67)ccc5c(-c5cccc6ccccc56)c4c3)ccc12. The molecule has 0 saturated carbocycles. The van der Waals surface area contributed by atoms with E-state index in [2.05, 4.69) is 182 Å². The highest BCUT2D eigenvalue weighted by Crippen LogP contribution is 2.49. The molecule has 0 radical (unpaired) electrons. The van der Waals surface area contributed by atoms with Gasteiger partial charge in [-0.25, -0.2) is 0 Å². The molecule has 0 bridgehead atoms. The highest BCUT2D eigenvalue weighted by molar-refractivity contribution is 7.26. The van der Waals surface area contributed by atoms with E-state index in [-0.39, 0.29) is 0 Å². The van der Waals surface area contributed by atoms with Gasteiger partial charge in [0.2, 0.25) is 0 Å². The van der Waals surface area contributed by atoms with Gasteiger partial charge in [0.15, 0.2) is 0 Å². The summed E-state index contributed by atoms with van der Waals surface area (Å²) in [6, 6.07) is 75.3. The van der Waals surface area contributed by atoms with Crippen LogP contribution in [0.15, 0.2) is 194 Å². The van der Waals surface area contributed by atoms with Crippen LogP contribution in [0.25, 0.3) is 128 Å². The molecule has 0 atom stereocenters. The van der Waals surface area contributed by atoms with Gasteiger partial charge in [0.1, 0.15) is 0 Å². The highest BCUT2D eigenvalue weighted by Gasteiger charge is 2.21. The van der Waals surface area contributed by atoms with Gasteiger partial charge >= 0.3 is 0 Å². The third-order valence-electron chi connectivity index (χ3n) is 13.1. The molecule has 2 nitrogen and oxygen atoms in total. The summed E-state index contributed by atoms with van der Waals surface area (Å²) in [4.78, 5) is 0. The van der Waals surface area contributed by atoms with Crippen molar-refractivity contribution in [2.75, 3.05) is 0 Å². The van der Waals surface area contributed by atoms with Crippen LogP contribution in [0.3, 0.4) is 0 Å². The summed E-state index contributed by atoms with van der Waals surface area (Å²) in [5.74, 6) is 0. The smallest absolute Gasteiger partial charge is 0.0992 e. The molecule has 0 unspecified atom stereocenters. The summed E-state index contributed by atoms with van der Waals surface area (Å²) in [6.45, 7) is 0. The van der Waals surface area contributed by atoms with Crippen LogP contribution < -0.4 is 0 Å². The van der Waals surface area contributed by atoms with E-state index in [9.17, 15) is 10.5 Å². The van der Waals surface area contributed by atoms with Crippen molar-refractivity contribution in [2.24, 2.45) is 0 Å². The third-order valence-corrected chi connectivity index (χ3v) is 15.3. The van der Waals surface area contributed by atoms with E-state index in [1.54, 1.807) is 22.7 Å². The molecule has 0 aliphatic carbocycles. The van der Waals surface area contributed by atoms with E-state index >= 15 is 0 Å². The molecule has 0 saturated heterocycles. The number of benzene rings is 11. The van der Waals surface area contributed by atoms with Crippen molar-refractivity contribution < 1.29 is 0 Å². The van der Waals surface area contributed by atoms with Crippen LogP contribution in [0, 0.1) is 22.7 Å². The van der Waals surface area contributed by atoms with Gasteiger partial charge in [-0.1, -0.05) is 146 Å². The molecular formula is C60H32N2S2. The Morgan fingerprint density at radius 1 is 0.281 bits per heavy atom. The fraction of sp³-hybridized carbons (Fsp3) is 0. The van der Waals surface area contributed by atoms with Crippen LogP contribution in [0.4, 0.5) is 0 Å². The highest BCUT2D eigenvalue weighted by atomic mass is 32.1. The Hall–Kier alpha value is -8.12. The van der Waals surface area contributed by atoms with Crippen LogP contribution in [-0.4, -0.2) is 0 Å². The molecule has 13 rings (SSSR count). The van der Waals surface area contributed by atoms with Crippen molar-refractivity contribution in [3.63, 3.8) is 0 Å². The first-order chi connectivity index (χ1) is 31.6. The third kappa shape index (κ3) is 5.61. The van der Waals surface area contributed by atoms with Gasteiger partial charge in [0.05, 0.1) is 23.3 Å². The van der Waals surface area contributed by atoms with Crippen LogP contribution in [0.5, 0.6) is 0 Å². The van der Waals surface area contributed by atoms with Gasteiger partial charge in [0, 0.05) is 40.3 Å². The maximum Gasteiger partial charge on any atom is 0.0992 e. The Labute approximate surface area is 376 Å². The zero-order valence-electron chi connectivity index (χ0n) is 34.2. The van der Waals surface area contributed by atoms with Gasteiger partial charge < -0.3 is 0 Å². The minimum Gasteiger partial charge on any atom is -0.192 e. The van der Waals surface area contributed by atoms with E-state index in [4.69, 9.17) is 0 Å². The lowest BCUT2D eigenvalue weighted by atomic mass is 9.82. The van der Waals surface area contributed by atoms with Crippen LogP contribution >= 0.6 is 22.7 Å². The average Bonchev–Trinajstić information content (AvgIpc) is 3.91. The van der Waals surface area contributed by atoms with Crippen molar-refractivity contribution in [3.05, 3.63) is 205 Å². The fourth-order valence-electron chi connectivity index (χ4n) is 10.1. The van der Waals surface area contributed by atoms with E-state index in [0.29, 0.717) is 11.1 Å². The molecule has 0 amide bonds. The van der Waals surface area contributed by atoms with Gasteiger partial charge in [-0.2, -0.15) is 10.5 Å². The minimum atomic E-state index is 0.685. The summed E-state index contributed by atoms with van der Waals surface area (Å²) in [7, 11) is 0. The van der Waals surface area contributed by atoms with Gasteiger partial charge in [-0.3, -0.25) is 0 Å². The summed E-state index contributed by atoms with van der Waals surface area (Å²) < 4.78 is 4.68. The first-order valence-electron chi connectivity index (χ1n) is 21.3. The van der Waals surface area contributed by atoms with E-state index in [0.717, 1.165) is 31.7 Å². The Morgan fingerprint density at radius 2 is 0.641 bits per heavy atom. The van der Waals surface area contributed by atoms with Crippen LogP contribution in [-0.2, 0) is 0 Å². The second-order valence-electron chi connectivity index (χ2n) is 16.6. The second kappa shape index (κ2) is 14.2. The fourth-order valence-corrected chi connectivity index (χ4v) is 12.5. The van der Waals surface area contributed by atoms with E-state index in [1.165, 1.54) is 96.3 Å². The number of hydrogen-bond donors (Lipinski definition) is 0. The van der Waals surface area contributed by atoms with Gasteiger partial charge in [-0.05, 0) is 136 Å². The Balaban J connectivity index is 1.11. The molecule has 0 N–H and O–H groups in total. The van der Waals surface area contributed by atoms with Crippen molar-refractivity contribution in [1.82, 2.24) is 0 Å². The summed E-state index contributed by atoms with van der Waals surface area (Å²) in [5.41, 5.74) is 10.9. The summed E-state index contributed by atoms with van der Waals surface area (Å²) in [5, 5.41) is 33.7. The summed E-state index contributed by atoms with van der Waals surface area (Å²) >= 11 is 3.50. The molecule has 0 spiro atoms. The predicted molar refractivity (Wildman–Crippen MR) is 273 cm³/mol. The maximum absolute atomic E-state index is 9.61. The van der Waals surface area contributed by atoms with Crippen molar-refractivity contribution in [1.29, 1.82) is 10.5 Å². The number of hydrogen-bond acceptors (Lipinski definition) is 4. The normalized spacial score (nSPS) is 11.7. The van der Waals surface area contributed by atoms with E-state index in [1.807, 2.05) is 24.3 Å². The van der Waals surface area contributed by atoms with Crippen molar-refractivity contribution in [2.45, 2.75) is 0 Å². The lowest BCUT2D eigenvalue weighted by Crippen LogP contribution is -1.94. The Bertz CT molecular complexity index is 3950. The number of rotatable bonds is 4. The lowest BCUT2D eigenvalue weighted by molar-refractivity contribution is 1.50. The van der Waals surface area contributed by atoms with Gasteiger partial charge in [-0.15, -0.1) is 22.7 Å². The molecule has 11 aromatic carbocycles. The average molecular weight is 845 g/mol. The van der Waals surface area contributed by atoms with Gasteiger partial charge in [0.25, 0.3) is 0 Å². The first kappa shape index (κ1) is 36.5. The Kier molecular flexibility index (Phi) is 8.11. The zero-order valence-corrected chi connectivity index (χ0v) is 35.8. The maximum atomic E-state index is 9.61. The molecule has 13 aromatic rings. The molecule has 294 valence electrons. The Morgan fingerprint density at radius 3 is 1.08 bits per heavy atom. The monoisotopic (exact) mass is 844 g/mol. The number of nitrogens with zero attached hydrogens (tertiary/aromatic N) is 2. The van der Waals surface area contributed by atoms with Crippen molar-refractivity contribution in [3.8, 4) is 56.6 Å². The molecule has 0 aliphatic heterocycles. The molecule has 2 aromatic heterocycles. The number of fused-ring (bicyclic) bond motifs is 10. The minimum absolute atomic E-state index is 0.685. The molecular weight excluding hydrogens is 813 g/mol. The van der Waals surface area contributed by atoms with Crippen LogP contribution in [0.1, 0.15) is 11.1 Å². The lowest BCUT2D eigenvalue weighted by Gasteiger charge is -2.21. The second-order valence-corrected chi connectivity index (χ2v) is 18.8. The zero-order chi connectivity index (χ0) is 42.5. The molecule has 4 heteroatoms.